The van der Waals surface area contributed by atoms with Crippen LogP contribution in [0.15, 0.2) is 42.6 Å². The molecule has 0 aliphatic heterocycles. The molecule has 0 bridgehead atoms. The normalized spacial score (nSPS) is 11.9. The minimum atomic E-state index is -0.0213. The highest BCUT2D eigenvalue weighted by atomic mass is 16.5. The van der Waals surface area contributed by atoms with Crippen molar-refractivity contribution in [2.45, 2.75) is 19.9 Å². The second kappa shape index (κ2) is 6.20. The fraction of sp³-hybridized carbons (Fsp3) is 0.267. The van der Waals surface area contributed by atoms with Crippen LogP contribution in [0, 0.1) is 0 Å². The van der Waals surface area contributed by atoms with Gasteiger partial charge in [0.15, 0.2) is 0 Å². The van der Waals surface area contributed by atoms with Crippen molar-refractivity contribution in [2.24, 2.45) is 5.73 Å². The molecule has 0 radical (unpaired) electrons. The molecular formula is C15H18N2O2. The van der Waals surface area contributed by atoms with Gasteiger partial charge in [0, 0.05) is 18.3 Å². The van der Waals surface area contributed by atoms with Gasteiger partial charge in [-0.1, -0.05) is 6.07 Å². The first-order chi connectivity index (χ1) is 9.19. The molecule has 0 saturated heterocycles. The third-order valence-electron chi connectivity index (χ3n) is 2.64. The topological polar surface area (TPSA) is 57.4 Å². The van der Waals surface area contributed by atoms with Gasteiger partial charge in [-0.05, 0) is 43.7 Å². The lowest BCUT2D eigenvalue weighted by Gasteiger charge is -2.08. The van der Waals surface area contributed by atoms with Gasteiger partial charge in [-0.2, -0.15) is 0 Å². The average molecular weight is 258 g/mol. The van der Waals surface area contributed by atoms with E-state index in [0.29, 0.717) is 12.5 Å². The summed E-state index contributed by atoms with van der Waals surface area (Å²) in [5.41, 5.74) is 6.75. The number of nitrogens with zero attached hydrogens (tertiary/aromatic N) is 1. The van der Waals surface area contributed by atoms with E-state index >= 15 is 0 Å². The lowest BCUT2D eigenvalue weighted by atomic mass is 10.2. The molecule has 1 heterocycles. The Bertz CT molecular complexity index is 507. The Morgan fingerprint density at radius 1 is 1.11 bits per heavy atom. The first kappa shape index (κ1) is 13.4. The van der Waals surface area contributed by atoms with Crippen molar-refractivity contribution in [3.63, 3.8) is 0 Å². The van der Waals surface area contributed by atoms with Gasteiger partial charge in [0.1, 0.15) is 11.5 Å². The van der Waals surface area contributed by atoms with Crippen LogP contribution >= 0.6 is 0 Å². The Morgan fingerprint density at radius 2 is 1.79 bits per heavy atom. The molecule has 0 aliphatic carbocycles. The first-order valence-corrected chi connectivity index (χ1v) is 6.31. The molecular weight excluding hydrogens is 240 g/mol. The highest BCUT2D eigenvalue weighted by molar-refractivity contribution is 5.34. The summed E-state index contributed by atoms with van der Waals surface area (Å²) in [4.78, 5) is 4.22. The average Bonchev–Trinajstić information content (AvgIpc) is 2.42. The molecule has 4 nitrogen and oxygen atoms in total. The minimum absolute atomic E-state index is 0.0213. The van der Waals surface area contributed by atoms with Crippen LogP contribution in [-0.2, 0) is 0 Å². The number of hydrogen-bond donors (Lipinski definition) is 1. The molecule has 100 valence electrons. The second-order valence-corrected chi connectivity index (χ2v) is 4.22. The number of nitrogens with two attached hydrogens (primary N) is 1. The van der Waals surface area contributed by atoms with E-state index in [1.165, 1.54) is 0 Å². The Morgan fingerprint density at radius 3 is 2.32 bits per heavy atom. The number of rotatable bonds is 5. The molecule has 2 N–H and O–H groups in total. The summed E-state index contributed by atoms with van der Waals surface area (Å²) in [6, 6.07) is 11.2. The second-order valence-electron chi connectivity index (χ2n) is 4.22. The van der Waals surface area contributed by atoms with Crippen LogP contribution in [0.2, 0.25) is 0 Å². The Hall–Kier alpha value is -2.07. The van der Waals surface area contributed by atoms with E-state index in [0.717, 1.165) is 17.1 Å². The third-order valence-corrected chi connectivity index (χ3v) is 2.64. The predicted molar refractivity (Wildman–Crippen MR) is 74.5 cm³/mol. The van der Waals surface area contributed by atoms with Crippen molar-refractivity contribution in [3.8, 4) is 17.4 Å². The number of pyridine rings is 1. The molecule has 0 unspecified atom stereocenters. The lowest BCUT2D eigenvalue weighted by Crippen LogP contribution is -2.05. The van der Waals surface area contributed by atoms with Crippen LogP contribution in [0.25, 0.3) is 0 Å². The molecule has 0 amide bonds. The van der Waals surface area contributed by atoms with Gasteiger partial charge in [0.2, 0.25) is 5.88 Å². The van der Waals surface area contributed by atoms with E-state index in [9.17, 15) is 0 Å². The molecule has 2 aromatic rings. The molecule has 0 aliphatic rings. The zero-order valence-electron chi connectivity index (χ0n) is 11.2. The lowest BCUT2D eigenvalue weighted by molar-refractivity contribution is 0.339. The first-order valence-electron chi connectivity index (χ1n) is 6.31. The van der Waals surface area contributed by atoms with E-state index in [-0.39, 0.29) is 6.04 Å². The maximum atomic E-state index is 5.77. The van der Waals surface area contributed by atoms with Crippen molar-refractivity contribution in [1.82, 2.24) is 4.98 Å². The fourth-order valence-electron chi connectivity index (χ4n) is 1.61. The summed E-state index contributed by atoms with van der Waals surface area (Å²) in [6.07, 6.45) is 1.73. The van der Waals surface area contributed by atoms with Gasteiger partial charge >= 0.3 is 0 Å². The maximum absolute atomic E-state index is 5.77. The van der Waals surface area contributed by atoms with Gasteiger partial charge in [-0.3, -0.25) is 0 Å². The fourth-order valence-corrected chi connectivity index (χ4v) is 1.61. The molecule has 0 spiro atoms. The van der Waals surface area contributed by atoms with Gasteiger partial charge in [-0.15, -0.1) is 0 Å². The smallest absolute Gasteiger partial charge is 0.219 e. The van der Waals surface area contributed by atoms with Crippen LogP contribution < -0.4 is 15.2 Å². The molecule has 1 atom stereocenters. The maximum Gasteiger partial charge on any atom is 0.219 e. The number of hydrogen-bond acceptors (Lipinski definition) is 4. The van der Waals surface area contributed by atoms with Gasteiger partial charge in [-0.25, -0.2) is 4.98 Å². The summed E-state index contributed by atoms with van der Waals surface area (Å²) in [7, 11) is 0. The van der Waals surface area contributed by atoms with Crippen LogP contribution in [-0.4, -0.2) is 11.6 Å². The van der Waals surface area contributed by atoms with E-state index in [2.05, 4.69) is 4.98 Å². The van der Waals surface area contributed by atoms with Gasteiger partial charge in [0.05, 0.1) is 6.61 Å². The zero-order valence-corrected chi connectivity index (χ0v) is 11.2. The summed E-state index contributed by atoms with van der Waals surface area (Å²) >= 11 is 0. The largest absolute Gasteiger partial charge is 0.494 e. The van der Waals surface area contributed by atoms with Crippen LogP contribution in [0.1, 0.15) is 25.5 Å². The molecule has 4 heteroatoms. The van der Waals surface area contributed by atoms with E-state index in [4.69, 9.17) is 15.2 Å². The Kier molecular flexibility index (Phi) is 4.36. The number of aromatic nitrogens is 1. The van der Waals surface area contributed by atoms with Crippen LogP contribution in [0.5, 0.6) is 17.4 Å². The SMILES string of the molecule is CCOc1ccc(Oc2ccc([C@H](C)N)cn2)cc1. The highest BCUT2D eigenvalue weighted by Crippen LogP contribution is 2.23. The minimum Gasteiger partial charge on any atom is -0.494 e. The van der Waals surface area contributed by atoms with Crippen molar-refractivity contribution in [1.29, 1.82) is 0 Å². The monoisotopic (exact) mass is 258 g/mol. The van der Waals surface area contributed by atoms with E-state index < -0.39 is 0 Å². The summed E-state index contributed by atoms with van der Waals surface area (Å²) < 4.78 is 11.0. The highest BCUT2D eigenvalue weighted by Gasteiger charge is 2.02. The van der Waals surface area contributed by atoms with E-state index in [1.807, 2.05) is 50.2 Å². The van der Waals surface area contributed by atoms with Crippen molar-refractivity contribution < 1.29 is 9.47 Å². The van der Waals surface area contributed by atoms with Crippen molar-refractivity contribution in [2.75, 3.05) is 6.61 Å². The zero-order chi connectivity index (χ0) is 13.7. The van der Waals surface area contributed by atoms with Crippen LogP contribution in [0.3, 0.4) is 0 Å². The van der Waals surface area contributed by atoms with Crippen LogP contribution in [0.4, 0.5) is 0 Å². The summed E-state index contributed by atoms with van der Waals surface area (Å²) in [6.45, 7) is 4.53. The number of benzene rings is 1. The van der Waals surface area contributed by atoms with Gasteiger partial charge < -0.3 is 15.2 Å². The number of ether oxygens (including phenoxy) is 2. The molecule has 2 rings (SSSR count). The third kappa shape index (κ3) is 3.69. The van der Waals surface area contributed by atoms with Crippen molar-refractivity contribution >= 4 is 0 Å². The van der Waals surface area contributed by atoms with Gasteiger partial charge in [0.25, 0.3) is 0 Å². The van der Waals surface area contributed by atoms with Crippen molar-refractivity contribution in [3.05, 3.63) is 48.2 Å². The quantitative estimate of drug-likeness (QED) is 0.894. The standard InChI is InChI=1S/C15H18N2O2/c1-3-18-13-5-7-14(8-6-13)19-15-9-4-12(10-17-15)11(2)16/h4-11H,3,16H2,1-2H3/t11-/m0/s1. The molecule has 1 aromatic carbocycles. The van der Waals surface area contributed by atoms with E-state index in [1.54, 1.807) is 6.20 Å². The molecule has 1 aromatic heterocycles. The predicted octanol–water partition coefficient (Wildman–Crippen LogP) is 3.29. The Labute approximate surface area is 113 Å². The summed E-state index contributed by atoms with van der Waals surface area (Å²) in [5, 5.41) is 0. The molecule has 0 fully saturated rings. The summed E-state index contributed by atoms with van der Waals surface area (Å²) in [5.74, 6) is 2.10. The molecule has 0 saturated carbocycles. The molecule has 19 heavy (non-hydrogen) atoms. The Balaban J connectivity index is 2.04.